The van der Waals surface area contributed by atoms with E-state index < -0.39 is 254 Å². The van der Waals surface area contributed by atoms with Crippen LogP contribution in [-0.4, -0.2) is 314 Å². The number of hydrogen-bond donors (Lipinski definition) is 20. The number of carbonyl (C=O) groups excluding carboxylic acids is 16. The number of carboxylic acid groups (broad SMARTS) is 2. The molecule has 6 aromatic rings. The molecule has 44 heteroatoms. The molecule has 9 rings (SSSR count). The Morgan fingerprint density at radius 3 is 1.67 bits per heavy atom. The number of phenolic OH excluding ortho intramolecular Hbond substituents is 1. The maximum atomic E-state index is 15.3. The number of fused-ring (bicyclic) bond motifs is 4. The number of carboxylic acids is 2. The number of aromatic nitrogens is 4. The van der Waals surface area contributed by atoms with Crippen LogP contribution in [-0.2, 0) is 112 Å². The van der Waals surface area contributed by atoms with Crippen LogP contribution in [0.5, 0.6) is 5.75 Å². The fourth-order valence-electron chi connectivity index (χ4n) is 16.2. The lowest BCUT2D eigenvalue weighted by Gasteiger charge is -2.33. The second-order valence-corrected chi connectivity index (χ2v) is 35.0. The Kier molecular flexibility index (Phi) is 38.1. The van der Waals surface area contributed by atoms with Crippen LogP contribution in [0.1, 0.15) is 140 Å². The van der Waals surface area contributed by atoms with Gasteiger partial charge in [0.25, 0.3) is 0 Å². The number of aliphatic hydroxyl groups is 2. The van der Waals surface area contributed by atoms with E-state index in [9.17, 15) is 78.3 Å². The number of thioether (sulfide) groups is 1. The Morgan fingerprint density at radius 1 is 0.556 bits per heavy atom. The van der Waals surface area contributed by atoms with Crippen LogP contribution < -0.4 is 64.2 Å². The molecule has 3 fully saturated rings. The van der Waals surface area contributed by atoms with E-state index in [1.165, 1.54) is 57.8 Å². The van der Waals surface area contributed by atoms with E-state index in [0.29, 0.717) is 68.8 Å². The summed E-state index contributed by atoms with van der Waals surface area (Å²) in [5.74, 6) is -20.8. The summed E-state index contributed by atoms with van der Waals surface area (Å²) in [5.41, 5.74) is 8.21. The Morgan fingerprint density at radius 2 is 1.09 bits per heavy atom. The van der Waals surface area contributed by atoms with Gasteiger partial charge in [-0.05, 0) is 92.3 Å². The molecule has 21 N–H and O–H groups in total. The van der Waals surface area contributed by atoms with E-state index in [2.05, 4.69) is 78.4 Å². The molecule has 6 heterocycles. The Hall–Kier alpha value is -13.5. The molecule has 0 aliphatic carbocycles. The highest BCUT2D eigenvalue weighted by molar-refractivity contribution is 8.00. The van der Waals surface area contributed by atoms with Crippen molar-refractivity contribution in [2.45, 2.75) is 234 Å². The smallest absolute Gasteiger partial charge is 0.305 e. The minimum Gasteiger partial charge on any atom is -0.508 e. The van der Waals surface area contributed by atoms with Gasteiger partial charge in [0, 0.05) is 118 Å². The highest BCUT2D eigenvalue weighted by atomic mass is 32.2. The predicted octanol–water partition coefficient (Wildman–Crippen LogP) is -2.07. The number of aliphatic carboxylic acids is 2. The van der Waals surface area contributed by atoms with Crippen LogP contribution in [0.15, 0.2) is 97.7 Å². The van der Waals surface area contributed by atoms with Crippen molar-refractivity contribution < 1.29 is 112 Å². The highest BCUT2D eigenvalue weighted by Gasteiger charge is 2.47. The number of phenols is 1. The molecule has 0 radical (unpaired) electrons. The number of nitrogens with one attached hydrogen (secondary N) is 14. The first-order chi connectivity index (χ1) is 63.4. The molecule has 43 nitrogen and oxygen atoms in total. The third-order valence-electron chi connectivity index (χ3n) is 23.5. The molecule has 3 aliphatic heterocycles. The molecule has 16 amide bonds. The topological polar surface area (TPSA) is 640 Å². The van der Waals surface area contributed by atoms with Gasteiger partial charge >= 0.3 is 11.9 Å². The van der Waals surface area contributed by atoms with Gasteiger partial charge in [0.15, 0.2) is 0 Å². The zero-order valence-corrected chi connectivity index (χ0v) is 75.9. The van der Waals surface area contributed by atoms with Crippen molar-refractivity contribution in [2.24, 2.45) is 11.7 Å². The molecule has 720 valence electrons. The molecule has 133 heavy (non-hydrogen) atoms. The van der Waals surface area contributed by atoms with Crippen molar-refractivity contribution in [1.82, 2.24) is 98.0 Å². The first-order valence-corrected chi connectivity index (χ1v) is 45.4. The predicted molar refractivity (Wildman–Crippen MR) is 481 cm³/mol. The molecular weight excluding hydrogens is 1750 g/mol. The Bertz CT molecular complexity index is 5160. The molecule has 0 spiro atoms. The summed E-state index contributed by atoms with van der Waals surface area (Å²) < 4.78 is 0. The summed E-state index contributed by atoms with van der Waals surface area (Å²) in [7, 11) is 2.44. The minimum absolute atomic E-state index is 0.0578. The van der Waals surface area contributed by atoms with E-state index in [0.717, 1.165) is 19.6 Å². The summed E-state index contributed by atoms with van der Waals surface area (Å²) in [6.45, 7) is 5.73. The molecular formula is C89H120N20O23S. The quantitative estimate of drug-likeness (QED) is 0.0293. The third-order valence-corrected chi connectivity index (χ3v) is 24.5. The number of aromatic amines is 3. The molecule has 3 saturated heterocycles. The lowest BCUT2D eigenvalue weighted by molar-refractivity contribution is -0.147. The SMILES string of the molecule is CCCC[C@H]1NC(=O)[C@H](Cc2c[nH]c3ccccc23)NC(=O)[C@H](CO)NC(=O)[C@H](Cc2c[nH]c3ccccc23)NC(=O)[C@@H]2C[C@@H](O)CN2C(=O)[C@H](CC(C)C)NC(=O)[C@H](Cc2cnc[nH]2)NC(=O)[C@@H]2CCCN2C(=O)[C@@H](CC(=O)O)NC(=O)[C@H](C)N(C)C(=O)[C@H](Cc2ccc(O)cc2)NC(=O)CSC[C@@H](C(=O)NCC(N)=O)NC(=O)[C@H](CCC(=O)O)NC(=O)[C@H](CCCC)N(C)C1=O. The number of para-hydroxylation sites is 2. The fourth-order valence-corrected chi connectivity index (χ4v) is 17.0. The number of H-pyrrole nitrogens is 3. The number of likely N-dealkylation sites (N-methyl/N-ethyl adjacent to an activating group) is 2. The number of rotatable bonds is 25. The largest absolute Gasteiger partial charge is 0.508 e. The van der Waals surface area contributed by atoms with Crippen LogP contribution in [0.25, 0.3) is 21.8 Å². The number of primary amides is 1. The number of hydrogen-bond acceptors (Lipinski definition) is 23. The van der Waals surface area contributed by atoms with Crippen LogP contribution in [0, 0.1) is 5.92 Å². The van der Waals surface area contributed by atoms with E-state index in [4.69, 9.17) is 5.73 Å². The van der Waals surface area contributed by atoms with Crippen molar-refractivity contribution in [3.8, 4) is 5.75 Å². The molecule has 3 aliphatic rings. The van der Waals surface area contributed by atoms with Gasteiger partial charge in [-0.15, -0.1) is 11.8 Å². The lowest BCUT2D eigenvalue weighted by Crippen LogP contribution is -2.61. The standard InChI is InChI=1S/C89H120N20O23S/c1-8-10-19-60-86(129)107(7)69(22-11-9-2)83(126)97-59(28-29-74(115)116)78(121)105-68(77(120)94-41-72(90)113)44-133-45-73(114)96-65(32-49-24-26-53(111)27-25-49)87(130)106(6)48(5)76(119)102-66(37-75(117)118)88(131)108-30-16-23-70(108)84(127)101-63(35-52-40-91-46-95-52)81(124)103-64(31-47(3)4)89(132)109-42-54(112)36-71(109)85(128)100-62(34-51-39-93-58-21-15-13-18-56(51)58)80(123)104-67(43-110)82(125)99-61(79(122)98-60)33-50-38-92-57-20-14-12-17-55(50)57/h12-15,17-18,20-21,24-27,38-40,46-48,54,59-71,92-93,110-112H,8-11,16,19,22-23,28-37,41-45H2,1-7H3,(H2,90,113)(H,91,95)(H,94,120)(H,96,114)(H,97,126)(H,98,122)(H,99,125)(H,100,128)(H,101,127)(H,102,119)(H,103,124)(H,104,123)(H,105,121)(H,115,116)(H,117,118)/t48-,54+,59-,60+,61-,62-,63-,64-,65-,66+,67-,68-,69-,70-,71-/m0/s1. The second kappa shape index (κ2) is 49.1. The number of benzene rings is 3. The summed E-state index contributed by atoms with van der Waals surface area (Å²) in [6.07, 6.45) is 1.58. The first-order valence-electron chi connectivity index (χ1n) is 44.3. The van der Waals surface area contributed by atoms with Crippen molar-refractivity contribution in [1.29, 1.82) is 0 Å². The van der Waals surface area contributed by atoms with Gasteiger partial charge in [0.05, 0.1) is 37.8 Å². The number of imidazole rings is 1. The van der Waals surface area contributed by atoms with Gasteiger partial charge in [0.2, 0.25) is 94.5 Å². The zero-order valence-electron chi connectivity index (χ0n) is 75.0. The molecule has 0 bridgehead atoms. The van der Waals surface area contributed by atoms with Crippen molar-refractivity contribution in [2.75, 3.05) is 51.8 Å². The van der Waals surface area contributed by atoms with E-state index in [1.54, 1.807) is 88.6 Å². The van der Waals surface area contributed by atoms with Gasteiger partial charge in [0.1, 0.15) is 90.3 Å². The monoisotopic (exact) mass is 1870 g/mol. The normalized spacial score (nSPS) is 24.9. The van der Waals surface area contributed by atoms with Crippen molar-refractivity contribution in [3.63, 3.8) is 0 Å². The van der Waals surface area contributed by atoms with Gasteiger partial charge in [-0.2, -0.15) is 0 Å². The number of amides is 16. The Labute approximate surface area is 770 Å². The number of nitrogens with two attached hydrogens (primary N) is 1. The first kappa shape index (κ1) is 103. The summed E-state index contributed by atoms with van der Waals surface area (Å²) in [4.78, 5) is 278. The fraction of sp³-hybridized carbons (Fsp3) is 0.517. The second-order valence-electron chi connectivity index (χ2n) is 34.0. The summed E-state index contributed by atoms with van der Waals surface area (Å²) in [5, 5.41) is 82.7. The maximum absolute atomic E-state index is 15.3. The third kappa shape index (κ3) is 29.0. The number of unbranched alkanes of at least 4 members (excludes halogenated alkanes) is 2. The number of aromatic hydroxyl groups is 1. The molecule has 0 saturated carbocycles. The molecule has 15 atom stereocenters. The average Bonchev–Trinajstić information content (AvgIpc) is 1.23. The van der Waals surface area contributed by atoms with E-state index in [-0.39, 0.29) is 88.8 Å². The maximum Gasteiger partial charge on any atom is 0.305 e. The van der Waals surface area contributed by atoms with Gasteiger partial charge < -0.3 is 124 Å². The number of nitrogens with zero attached hydrogens (tertiary/aromatic N) is 5. The van der Waals surface area contributed by atoms with Crippen LogP contribution >= 0.6 is 11.8 Å². The average molecular weight is 1870 g/mol. The van der Waals surface area contributed by atoms with Gasteiger partial charge in [-0.25, -0.2) is 4.98 Å². The van der Waals surface area contributed by atoms with Crippen LogP contribution in [0.4, 0.5) is 0 Å². The lowest BCUT2D eigenvalue weighted by atomic mass is 10.0. The molecule has 3 aromatic carbocycles. The molecule has 3 aromatic heterocycles. The Balaban J connectivity index is 1.09. The van der Waals surface area contributed by atoms with Crippen LogP contribution in [0.2, 0.25) is 0 Å². The minimum atomic E-state index is -1.92. The van der Waals surface area contributed by atoms with Crippen molar-refractivity contribution >= 4 is 140 Å². The number of aliphatic hydroxyl groups excluding tert-OH is 2. The number of carbonyl (C=O) groups is 18. The summed E-state index contributed by atoms with van der Waals surface area (Å²) >= 11 is 0.695. The van der Waals surface area contributed by atoms with Gasteiger partial charge in [-0.3, -0.25) is 86.3 Å². The highest BCUT2D eigenvalue weighted by Crippen LogP contribution is 2.28. The van der Waals surface area contributed by atoms with Gasteiger partial charge in [-0.1, -0.05) is 102 Å². The van der Waals surface area contributed by atoms with Crippen LogP contribution in [0.3, 0.4) is 0 Å². The van der Waals surface area contributed by atoms with E-state index >= 15 is 33.6 Å². The van der Waals surface area contributed by atoms with Crippen molar-refractivity contribution in [3.05, 3.63) is 120 Å². The summed E-state index contributed by atoms with van der Waals surface area (Å²) in [6, 6.07) is -3.46. The molecule has 0 unspecified atom stereocenters. The van der Waals surface area contributed by atoms with E-state index in [1.807, 2.05) is 0 Å². The zero-order chi connectivity index (χ0) is 97.0.